The maximum atomic E-state index is 11.6. The Morgan fingerprint density at radius 3 is 2.35 bits per heavy atom. The van der Waals surface area contributed by atoms with Gasteiger partial charge in [0.25, 0.3) is 0 Å². The van der Waals surface area contributed by atoms with Crippen LogP contribution in [0.15, 0.2) is 30.3 Å². The second-order valence-electron chi connectivity index (χ2n) is 4.99. The topological polar surface area (TPSA) is 136 Å². The highest BCUT2D eigenvalue weighted by atomic mass is 16.7. The van der Waals surface area contributed by atoms with E-state index in [0.717, 1.165) is 5.56 Å². The van der Waals surface area contributed by atoms with Crippen molar-refractivity contribution in [3.05, 3.63) is 35.9 Å². The number of aryl methyl sites for hydroxylation is 1. The number of rotatable bonds is 9. The Morgan fingerprint density at radius 2 is 1.78 bits per heavy atom. The fourth-order valence-electron chi connectivity index (χ4n) is 1.96. The predicted octanol–water partition coefficient (Wildman–Crippen LogP) is 0.175. The molecule has 8 nitrogen and oxygen atoms in total. The van der Waals surface area contributed by atoms with Crippen LogP contribution in [0.2, 0.25) is 0 Å². The molecule has 0 aliphatic heterocycles. The Labute approximate surface area is 132 Å². The number of carboxylic acid groups (broad SMARTS) is 1. The van der Waals surface area contributed by atoms with Crippen molar-refractivity contribution in [2.24, 2.45) is 5.90 Å². The number of carboxylic acids is 1. The lowest BCUT2D eigenvalue weighted by atomic mass is 9.96. The van der Waals surface area contributed by atoms with Crippen LogP contribution in [-0.4, -0.2) is 40.3 Å². The molecular weight excluding hydrogens is 306 g/mol. The summed E-state index contributed by atoms with van der Waals surface area (Å²) in [6.45, 7) is 0.0779. The van der Waals surface area contributed by atoms with Crippen molar-refractivity contribution in [1.82, 2.24) is 0 Å². The van der Waals surface area contributed by atoms with Crippen LogP contribution >= 0.6 is 0 Å². The van der Waals surface area contributed by atoms with Gasteiger partial charge in [0.1, 0.15) is 0 Å². The van der Waals surface area contributed by atoms with Crippen molar-refractivity contribution in [3.8, 4) is 0 Å². The average molecular weight is 325 g/mol. The number of ether oxygens (including phenoxy) is 1. The summed E-state index contributed by atoms with van der Waals surface area (Å²) < 4.78 is 4.90. The van der Waals surface area contributed by atoms with Crippen molar-refractivity contribution in [2.75, 3.05) is 6.61 Å². The fraction of sp³-hybridized carbons (Fsp3) is 0.400. The molecular formula is C15H19NO7. The van der Waals surface area contributed by atoms with Crippen molar-refractivity contribution in [1.29, 1.82) is 0 Å². The Morgan fingerprint density at radius 1 is 1.13 bits per heavy atom. The number of esters is 1. The lowest BCUT2D eigenvalue weighted by Gasteiger charge is -2.21. The highest BCUT2D eigenvalue weighted by molar-refractivity contribution is 5.89. The largest absolute Gasteiger partial charge is 0.481 e. The van der Waals surface area contributed by atoms with Gasteiger partial charge in [0.15, 0.2) is 5.60 Å². The van der Waals surface area contributed by atoms with E-state index in [0.29, 0.717) is 12.8 Å². The number of carbonyl (C=O) groups excluding carboxylic acids is 2. The molecule has 1 rings (SSSR count). The van der Waals surface area contributed by atoms with Gasteiger partial charge in [0.2, 0.25) is 0 Å². The molecule has 0 amide bonds. The molecule has 1 aromatic rings. The average Bonchev–Trinajstić information content (AvgIpc) is 2.50. The zero-order chi connectivity index (χ0) is 17.3. The van der Waals surface area contributed by atoms with E-state index < -0.39 is 36.4 Å². The van der Waals surface area contributed by atoms with E-state index in [2.05, 4.69) is 10.7 Å². The molecule has 126 valence electrons. The maximum Gasteiger partial charge on any atom is 0.357 e. The number of nitrogens with two attached hydrogens (primary N) is 1. The smallest absolute Gasteiger partial charge is 0.357 e. The summed E-state index contributed by atoms with van der Waals surface area (Å²) in [6.07, 6.45) is -0.615. The van der Waals surface area contributed by atoms with Crippen molar-refractivity contribution < 1.29 is 34.2 Å². The number of aliphatic hydroxyl groups is 1. The van der Waals surface area contributed by atoms with Gasteiger partial charge < -0.3 is 19.8 Å². The predicted molar refractivity (Wildman–Crippen MR) is 77.8 cm³/mol. The Bertz CT molecular complexity index is 546. The molecule has 1 atom stereocenters. The van der Waals surface area contributed by atoms with Crippen LogP contribution in [0.4, 0.5) is 0 Å². The van der Waals surface area contributed by atoms with Crippen LogP contribution in [0.5, 0.6) is 0 Å². The van der Waals surface area contributed by atoms with E-state index in [4.69, 9.17) is 9.84 Å². The van der Waals surface area contributed by atoms with Gasteiger partial charge in [-0.1, -0.05) is 30.3 Å². The first-order chi connectivity index (χ1) is 10.9. The molecule has 0 aliphatic carbocycles. The third-order valence-corrected chi connectivity index (χ3v) is 3.08. The third-order valence-electron chi connectivity index (χ3n) is 3.08. The first-order valence-electron chi connectivity index (χ1n) is 6.92. The van der Waals surface area contributed by atoms with Gasteiger partial charge in [0.05, 0.1) is 19.4 Å². The van der Waals surface area contributed by atoms with E-state index >= 15 is 0 Å². The SMILES string of the molecule is NOC(=O)C(O)(CC(=O)O)CC(=O)OCCCc1ccccc1. The second kappa shape index (κ2) is 8.86. The van der Waals surface area contributed by atoms with Gasteiger partial charge in [-0.2, -0.15) is 5.90 Å². The highest BCUT2D eigenvalue weighted by Crippen LogP contribution is 2.18. The van der Waals surface area contributed by atoms with Gasteiger partial charge in [-0.25, -0.2) is 4.79 Å². The second-order valence-corrected chi connectivity index (χ2v) is 4.99. The van der Waals surface area contributed by atoms with Gasteiger partial charge >= 0.3 is 17.9 Å². The van der Waals surface area contributed by atoms with Crippen LogP contribution in [0.25, 0.3) is 0 Å². The van der Waals surface area contributed by atoms with Crippen LogP contribution in [0.1, 0.15) is 24.8 Å². The normalized spacial score (nSPS) is 13.0. The van der Waals surface area contributed by atoms with Crippen LogP contribution in [0.3, 0.4) is 0 Å². The minimum absolute atomic E-state index is 0.0779. The zero-order valence-electron chi connectivity index (χ0n) is 12.4. The minimum Gasteiger partial charge on any atom is -0.481 e. The van der Waals surface area contributed by atoms with E-state index in [9.17, 15) is 19.5 Å². The number of benzene rings is 1. The summed E-state index contributed by atoms with van der Waals surface area (Å²) in [7, 11) is 0. The lowest BCUT2D eigenvalue weighted by molar-refractivity contribution is -0.177. The molecule has 1 unspecified atom stereocenters. The molecule has 1 aromatic carbocycles. The Hall–Kier alpha value is -2.45. The molecule has 4 N–H and O–H groups in total. The Balaban J connectivity index is 2.43. The molecule has 0 saturated heterocycles. The molecule has 0 saturated carbocycles. The van der Waals surface area contributed by atoms with Gasteiger partial charge in [-0.15, -0.1) is 0 Å². The van der Waals surface area contributed by atoms with E-state index in [-0.39, 0.29) is 6.61 Å². The standard InChI is InChI=1S/C15H19NO7/c16-23-14(20)15(21,9-12(17)18)10-13(19)22-8-4-7-11-5-2-1-3-6-11/h1-3,5-6,21H,4,7-10,16H2,(H,17,18). The molecule has 0 fully saturated rings. The van der Waals surface area contributed by atoms with Crippen molar-refractivity contribution >= 4 is 17.9 Å². The molecule has 0 radical (unpaired) electrons. The number of hydrogen-bond acceptors (Lipinski definition) is 7. The molecule has 8 heteroatoms. The summed E-state index contributed by atoms with van der Waals surface area (Å²) in [5, 5.41) is 18.6. The van der Waals surface area contributed by atoms with E-state index in [1.165, 1.54) is 0 Å². The molecule has 0 aliphatic rings. The van der Waals surface area contributed by atoms with E-state index in [1.54, 1.807) is 0 Å². The molecule has 0 bridgehead atoms. The lowest BCUT2D eigenvalue weighted by Crippen LogP contribution is -2.45. The highest BCUT2D eigenvalue weighted by Gasteiger charge is 2.43. The zero-order valence-corrected chi connectivity index (χ0v) is 12.4. The summed E-state index contributed by atoms with van der Waals surface area (Å²) in [4.78, 5) is 37.5. The summed E-state index contributed by atoms with van der Waals surface area (Å²) in [6, 6.07) is 9.55. The molecule has 0 spiro atoms. The van der Waals surface area contributed by atoms with Gasteiger partial charge in [0, 0.05) is 0 Å². The maximum absolute atomic E-state index is 11.6. The van der Waals surface area contributed by atoms with Gasteiger partial charge in [-0.05, 0) is 18.4 Å². The minimum atomic E-state index is -2.54. The number of aliphatic carboxylic acids is 1. The van der Waals surface area contributed by atoms with E-state index in [1.807, 2.05) is 30.3 Å². The number of carbonyl (C=O) groups is 3. The van der Waals surface area contributed by atoms with Crippen molar-refractivity contribution in [3.63, 3.8) is 0 Å². The Kier molecular flexibility index (Phi) is 7.17. The first-order valence-corrected chi connectivity index (χ1v) is 6.92. The summed E-state index contributed by atoms with van der Waals surface area (Å²) in [5.41, 5.74) is -1.46. The number of hydrogen-bond donors (Lipinski definition) is 3. The first kappa shape index (κ1) is 18.6. The van der Waals surface area contributed by atoms with Gasteiger partial charge in [-0.3, -0.25) is 9.59 Å². The molecule has 23 heavy (non-hydrogen) atoms. The van der Waals surface area contributed by atoms with Crippen LogP contribution in [-0.2, 0) is 30.4 Å². The van der Waals surface area contributed by atoms with Crippen LogP contribution in [0, 0.1) is 0 Å². The monoisotopic (exact) mass is 325 g/mol. The third kappa shape index (κ3) is 6.45. The summed E-state index contributed by atoms with van der Waals surface area (Å²) >= 11 is 0. The quantitative estimate of drug-likeness (QED) is 0.332. The molecule has 0 aromatic heterocycles. The van der Waals surface area contributed by atoms with Crippen molar-refractivity contribution in [2.45, 2.75) is 31.3 Å². The summed E-state index contributed by atoms with van der Waals surface area (Å²) in [5.74, 6) is 0.852. The van der Waals surface area contributed by atoms with Crippen LogP contribution < -0.4 is 5.90 Å². The fourth-order valence-corrected chi connectivity index (χ4v) is 1.96. The molecule has 0 heterocycles.